The molecule has 2 heterocycles. The minimum atomic E-state index is -0.368. The third-order valence-corrected chi connectivity index (χ3v) is 3.91. The van der Waals surface area contributed by atoms with Gasteiger partial charge in [0, 0.05) is 10.8 Å². The van der Waals surface area contributed by atoms with Crippen molar-refractivity contribution in [1.82, 2.24) is 9.78 Å². The molecule has 0 fully saturated rings. The van der Waals surface area contributed by atoms with Crippen molar-refractivity contribution in [2.24, 2.45) is 0 Å². The minimum absolute atomic E-state index is 0.156. The van der Waals surface area contributed by atoms with E-state index in [4.69, 9.17) is 10.5 Å². The Kier molecular flexibility index (Phi) is 3.08. The van der Waals surface area contributed by atoms with Crippen molar-refractivity contribution in [2.75, 3.05) is 12.8 Å². The lowest BCUT2D eigenvalue weighted by Crippen LogP contribution is -2.23. The lowest BCUT2D eigenvalue weighted by Gasteiger charge is -2.10. The summed E-state index contributed by atoms with van der Waals surface area (Å²) in [7, 11) is 1.51. The van der Waals surface area contributed by atoms with Crippen LogP contribution in [0.4, 0.5) is 5.00 Å². The molecule has 0 radical (unpaired) electrons. The zero-order chi connectivity index (χ0) is 15.0. The molecule has 0 bridgehead atoms. The van der Waals surface area contributed by atoms with Crippen molar-refractivity contribution in [3.8, 4) is 17.5 Å². The average molecular weight is 298 g/mol. The number of nitriles is 1. The smallest absolute Gasteiger partial charge is 0.282 e. The minimum Gasteiger partial charge on any atom is -0.494 e. The van der Waals surface area contributed by atoms with Gasteiger partial charge in [0.2, 0.25) is 0 Å². The molecule has 1 aromatic carbocycles. The van der Waals surface area contributed by atoms with E-state index >= 15 is 0 Å². The van der Waals surface area contributed by atoms with E-state index in [9.17, 15) is 10.1 Å². The van der Waals surface area contributed by atoms with Gasteiger partial charge < -0.3 is 10.5 Å². The third-order valence-electron chi connectivity index (χ3n) is 3.10. The van der Waals surface area contributed by atoms with Crippen LogP contribution in [0.5, 0.6) is 5.75 Å². The Hall–Kier alpha value is -2.85. The first kappa shape index (κ1) is 13.1. The van der Waals surface area contributed by atoms with Crippen molar-refractivity contribution >= 4 is 27.1 Å². The van der Waals surface area contributed by atoms with E-state index in [1.807, 2.05) is 6.07 Å². The summed E-state index contributed by atoms with van der Waals surface area (Å²) in [5, 5.41) is 16.2. The van der Waals surface area contributed by atoms with Crippen LogP contribution in [-0.4, -0.2) is 16.9 Å². The maximum Gasteiger partial charge on any atom is 0.282 e. The van der Waals surface area contributed by atoms with Gasteiger partial charge in [0.05, 0.1) is 17.5 Å². The Morgan fingerprint density at radius 3 is 2.90 bits per heavy atom. The van der Waals surface area contributed by atoms with Crippen LogP contribution < -0.4 is 16.0 Å². The summed E-state index contributed by atoms with van der Waals surface area (Å²) in [4.78, 5) is 12.6. The SMILES string of the molecule is COc1ccccc1-n1nc(C#N)c2csc(N)c2c1=O. The summed E-state index contributed by atoms with van der Waals surface area (Å²) in [6, 6.07) is 8.96. The highest BCUT2D eigenvalue weighted by Gasteiger charge is 2.17. The maximum atomic E-state index is 12.6. The van der Waals surface area contributed by atoms with E-state index in [2.05, 4.69) is 5.10 Å². The Morgan fingerprint density at radius 1 is 1.43 bits per heavy atom. The van der Waals surface area contributed by atoms with E-state index in [0.717, 1.165) is 4.68 Å². The number of nitrogens with zero attached hydrogens (tertiary/aromatic N) is 3. The first-order valence-corrected chi connectivity index (χ1v) is 6.89. The predicted molar refractivity (Wildman–Crippen MR) is 80.9 cm³/mol. The molecule has 2 N–H and O–H groups in total. The lowest BCUT2D eigenvalue weighted by molar-refractivity contribution is 0.411. The molecule has 6 nitrogen and oxygen atoms in total. The molecule has 0 aliphatic heterocycles. The van der Waals surface area contributed by atoms with Crippen molar-refractivity contribution in [3.63, 3.8) is 0 Å². The van der Waals surface area contributed by atoms with Gasteiger partial charge >= 0.3 is 0 Å². The molecular formula is C14H10N4O2S. The fraction of sp³-hybridized carbons (Fsp3) is 0.0714. The Morgan fingerprint density at radius 2 is 2.19 bits per heavy atom. The molecule has 0 spiro atoms. The molecule has 104 valence electrons. The molecule has 0 saturated heterocycles. The molecule has 0 saturated carbocycles. The molecule has 7 heteroatoms. The standard InChI is InChI=1S/C14H10N4O2S/c1-20-11-5-3-2-4-10(11)18-14(19)12-8(7-21-13(12)16)9(6-15)17-18/h2-5,7H,16H2,1H3. The summed E-state index contributed by atoms with van der Waals surface area (Å²) in [5.41, 5.74) is 6.11. The monoisotopic (exact) mass is 298 g/mol. The van der Waals surface area contributed by atoms with E-state index in [1.54, 1.807) is 29.6 Å². The second kappa shape index (κ2) is 4.92. The van der Waals surface area contributed by atoms with Gasteiger partial charge in [-0.05, 0) is 12.1 Å². The van der Waals surface area contributed by atoms with E-state index in [1.165, 1.54) is 18.4 Å². The number of nitrogens with two attached hydrogens (primary N) is 1. The highest BCUT2D eigenvalue weighted by atomic mass is 32.1. The van der Waals surface area contributed by atoms with Crippen LogP contribution in [0.3, 0.4) is 0 Å². The number of nitrogen functional groups attached to an aromatic ring is 1. The molecule has 21 heavy (non-hydrogen) atoms. The number of thiophene rings is 1. The lowest BCUT2D eigenvalue weighted by atomic mass is 10.2. The quantitative estimate of drug-likeness (QED) is 0.780. The highest BCUT2D eigenvalue weighted by Crippen LogP contribution is 2.28. The number of hydrogen-bond donors (Lipinski definition) is 1. The number of benzene rings is 1. The van der Waals surface area contributed by atoms with Gasteiger partial charge in [-0.1, -0.05) is 12.1 Å². The van der Waals surface area contributed by atoms with Gasteiger partial charge in [-0.25, -0.2) is 0 Å². The van der Waals surface area contributed by atoms with Crippen LogP contribution in [0.15, 0.2) is 34.4 Å². The van der Waals surface area contributed by atoms with Gasteiger partial charge in [0.1, 0.15) is 17.5 Å². The average Bonchev–Trinajstić information content (AvgIpc) is 2.90. The molecule has 3 rings (SSSR count). The molecule has 0 unspecified atom stereocenters. The number of para-hydroxylation sites is 2. The summed E-state index contributed by atoms with van der Waals surface area (Å²) in [6.07, 6.45) is 0. The third kappa shape index (κ3) is 1.93. The maximum absolute atomic E-state index is 12.6. The number of anilines is 1. The van der Waals surface area contributed by atoms with Crippen LogP contribution in [0.2, 0.25) is 0 Å². The van der Waals surface area contributed by atoms with Crippen LogP contribution in [0, 0.1) is 11.3 Å². The van der Waals surface area contributed by atoms with Crippen molar-refractivity contribution < 1.29 is 4.74 Å². The fourth-order valence-corrected chi connectivity index (χ4v) is 2.91. The fourth-order valence-electron chi connectivity index (χ4n) is 2.12. The Balaban J connectivity index is 2.44. The van der Waals surface area contributed by atoms with Gasteiger partial charge in [-0.3, -0.25) is 4.79 Å². The largest absolute Gasteiger partial charge is 0.494 e. The van der Waals surface area contributed by atoms with E-state index in [-0.39, 0.29) is 11.3 Å². The normalized spacial score (nSPS) is 10.5. The summed E-state index contributed by atoms with van der Waals surface area (Å²) < 4.78 is 6.40. The number of ether oxygens (including phenoxy) is 1. The molecule has 2 aromatic heterocycles. The van der Waals surface area contributed by atoms with Crippen LogP contribution in [0.1, 0.15) is 5.69 Å². The molecule has 3 aromatic rings. The van der Waals surface area contributed by atoms with E-state index in [0.29, 0.717) is 27.2 Å². The Labute approximate surface area is 123 Å². The zero-order valence-corrected chi connectivity index (χ0v) is 11.8. The zero-order valence-electron chi connectivity index (χ0n) is 11.0. The second-order valence-electron chi connectivity index (χ2n) is 4.24. The van der Waals surface area contributed by atoms with Gasteiger partial charge in [-0.15, -0.1) is 11.3 Å². The topological polar surface area (TPSA) is 93.9 Å². The van der Waals surface area contributed by atoms with Gasteiger partial charge in [0.25, 0.3) is 5.56 Å². The van der Waals surface area contributed by atoms with Gasteiger partial charge in [-0.2, -0.15) is 15.0 Å². The first-order chi connectivity index (χ1) is 10.2. The molecule has 0 amide bonds. The first-order valence-electron chi connectivity index (χ1n) is 6.01. The summed E-state index contributed by atoms with van der Waals surface area (Å²) in [5.74, 6) is 0.490. The van der Waals surface area contributed by atoms with Crippen molar-refractivity contribution in [1.29, 1.82) is 5.26 Å². The number of methoxy groups -OCH3 is 1. The van der Waals surface area contributed by atoms with Crippen LogP contribution >= 0.6 is 11.3 Å². The number of fused-ring (bicyclic) bond motifs is 1. The van der Waals surface area contributed by atoms with Crippen LogP contribution in [-0.2, 0) is 0 Å². The van der Waals surface area contributed by atoms with Crippen molar-refractivity contribution in [2.45, 2.75) is 0 Å². The molecule has 0 atom stereocenters. The van der Waals surface area contributed by atoms with Crippen LogP contribution in [0.25, 0.3) is 16.5 Å². The predicted octanol–water partition coefficient (Wildman–Crippen LogP) is 1.91. The molecule has 0 aliphatic rings. The number of hydrogen-bond acceptors (Lipinski definition) is 6. The number of rotatable bonds is 2. The Bertz CT molecular complexity index is 936. The van der Waals surface area contributed by atoms with Gasteiger partial charge in [0.15, 0.2) is 5.69 Å². The van der Waals surface area contributed by atoms with Crippen molar-refractivity contribution in [3.05, 3.63) is 45.7 Å². The number of aromatic nitrogens is 2. The molecular weight excluding hydrogens is 288 g/mol. The highest BCUT2D eigenvalue weighted by molar-refractivity contribution is 7.15. The summed E-state index contributed by atoms with van der Waals surface area (Å²) >= 11 is 1.22. The molecule has 0 aliphatic carbocycles. The second-order valence-corrected chi connectivity index (χ2v) is 5.15. The van der Waals surface area contributed by atoms with E-state index < -0.39 is 0 Å². The summed E-state index contributed by atoms with van der Waals surface area (Å²) in [6.45, 7) is 0.